The van der Waals surface area contributed by atoms with E-state index in [1.54, 1.807) is 0 Å². The zero-order valence-electron chi connectivity index (χ0n) is 15.6. The van der Waals surface area contributed by atoms with Crippen LogP contribution in [0.3, 0.4) is 0 Å². The number of piperazine rings is 1. The summed E-state index contributed by atoms with van der Waals surface area (Å²) in [6, 6.07) is 16.1. The first-order valence-electron chi connectivity index (χ1n) is 9.20. The fourth-order valence-electron chi connectivity index (χ4n) is 3.49. The normalized spacial score (nSPS) is 16.2. The maximum atomic E-state index is 11.7. The second kappa shape index (κ2) is 9.35. The third-order valence-corrected chi connectivity index (χ3v) is 5.44. The summed E-state index contributed by atoms with van der Waals surface area (Å²) in [6.45, 7) is 4.90. The Morgan fingerprint density at radius 1 is 1.15 bits per heavy atom. The van der Waals surface area contributed by atoms with E-state index in [2.05, 4.69) is 68.2 Å². The van der Waals surface area contributed by atoms with Crippen LogP contribution in [0.15, 0.2) is 53.0 Å². The molecule has 1 saturated heterocycles. The molecule has 0 amide bonds. The molecule has 1 heterocycles. The number of nitrogens with zero attached hydrogens (tertiary/aromatic N) is 2. The standard InChI is InChI=1S/C21H26BrN3O2/c1-27-21(26)19(23)14-17-13-18(22)7-8-20(17)25-11-9-24(10-12-25)15-16-5-3-2-4-6-16/h2-8,13,19H,9-12,14-15,23H2,1H3. The number of benzene rings is 2. The number of anilines is 1. The second-order valence-electron chi connectivity index (χ2n) is 6.86. The van der Waals surface area contributed by atoms with Crippen molar-refractivity contribution in [1.82, 2.24) is 4.90 Å². The lowest BCUT2D eigenvalue weighted by Gasteiger charge is -2.37. The lowest BCUT2D eigenvalue weighted by Crippen LogP contribution is -2.46. The van der Waals surface area contributed by atoms with Crippen molar-refractivity contribution in [2.75, 3.05) is 38.2 Å². The van der Waals surface area contributed by atoms with E-state index in [0.29, 0.717) is 6.42 Å². The Bertz CT molecular complexity index is 761. The summed E-state index contributed by atoms with van der Waals surface area (Å²) >= 11 is 3.53. The lowest BCUT2D eigenvalue weighted by atomic mass is 10.0. The van der Waals surface area contributed by atoms with Gasteiger partial charge < -0.3 is 15.4 Å². The zero-order chi connectivity index (χ0) is 19.2. The summed E-state index contributed by atoms with van der Waals surface area (Å²) in [7, 11) is 1.37. The van der Waals surface area contributed by atoms with Gasteiger partial charge in [0.25, 0.3) is 0 Å². The predicted molar refractivity (Wildman–Crippen MR) is 112 cm³/mol. The van der Waals surface area contributed by atoms with Gasteiger partial charge in [0.2, 0.25) is 0 Å². The first-order valence-corrected chi connectivity index (χ1v) is 9.99. The molecule has 1 aliphatic rings. The second-order valence-corrected chi connectivity index (χ2v) is 7.77. The monoisotopic (exact) mass is 431 g/mol. The predicted octanol–water partition coefficient (Wildman–Crippen LogP) is 2.81. The molecule has 2 N–H and O–H groups in total. The van der Waals surface area contributed by atoms with E-state index < -0.39 is 6.04 Å². The minimum absolute atomic E-state index is 0.381. The minimum Gasteiger partial charge on any atom is -0.468 e. The van der Waals surface area contributed by atoms with E-state index in [4.69, 9.17) is 10.5 Å². The Hall–Kier alpha value is -1.89. The van der Waals surface area contributed by atoms with Gasteiger partial charge in [-0.3, -0.25) is 9.69 Å². The van der Waals surface area contributed by atoms with Crippen molar-refractivity contribution in [2.24, 2.45) is 5.73 Å². The quantitative estimate of drug-likeness (QED) is 0.712. The van der Waals surface area contributed by atoms with Crippen molar-refractivity contribution in [3.05, 3.63) is 64.1 Å². The molecule has 0 aromatic heterocycles. The van der Waals surface area contributed by atoms with Gasteiger partial charge in [-0.05, 0) is 29.3 Å². The summed E-state index contributed by atoms with van der Waals surface area (Å²) < 4.78 is 5.76. The topological polar surface area (TPSA) is 58.8 Å². The molecule has 3 rings (SSSR count). The van der Waals surface area contributed by atoms with E-state index in [-0.39, 0.29) is 5.97 Å². The number of rotatable bonds is 6. The Morgan fingerprint density at radius 2 is 1.85 bits per heavy atom. The first-order chi connectivity index (χ1) is 13.1. The van der Waals surface area contributed by atoms with Gasteiger partial charge in [0, 0.05) is 49.3 Å². The van der Waals surface area contributed by atoms with Crippen LogP contribution in [-0.2, 0) is 22.5 Å². The molecule has 2 aromatic carbocycles. The minimum atomic E-state index is -0.651. The number of hydrogen-bond acceptors (Lipinski definition) is 5. The highest BCUT2D eigenvalue weighted by molar-refractivity contribution is 9.10. The van der Waals surface area contributed by atoms with E-state index in [0.717, 1.165) is 48.4 Å². The van der Waals surface area contributed by atoms with Crippen LogP contribution in [0.5, 0.6) is 0 Å². The van der Waals surface area contributed by atoms with Crippen LogP contribution in [-0.4, -0.2) is 50.2 Å². The fraction of sp³-hybridized carbons (Fsp3) is 0.381. The van der Waals surface area contributed by atoms with Gasteiger partial charge in [0.1, 0.15) is 6.04 Å². The van der Waals surface area contributed by atoms with Crippen molar-refractivity contribution in [3.63, 3.8) is 0 Å². The molecule has 144 valence electrons. The molecule has 1 aliphatic heterocycles. The Morgan fingerprint density at radius 3 is 2.52 bits per heavy atom. The average Bonchev–Trinajstić information content (AvgIpc) is 2.69. The van der Waals surface area contributed by atoms with Crippen LogP contribution in [0, 0.1) is 0 Å². The van der Waals surface area contributed by atoms with Crippen molar-refractivity contribution in [3.8, 4) is 0 Å². The van der Waals surface area contributed by atoms with Gasteiger partial charge in [-0.1, -0.05) is 46.3 Å². The van der Waals surface area contributed by atoms with Gasteiger partial charge >= 0.3 is 5.97 Å². The molecule has 5 nitrogen and oxygen atoms in total. The molecule has 0 bridgehead atoms. The molecule has 27 heavy (non-hydrogen) atoms. The van der Waals surface area contributed by atoms with Crippen molar-refractivity contribution >= 4 is 27.6 Å². The lowest BCUT2D eigenvalue weighted by molar-refractivity contribution is -0.142. The molecule has 1 unspecified atom stereocenters. The summed E-state index contributed by atoms with van der Waals surface area (Å²) in [5.74, 6) is -0.381. The van der Waals surface area contributed by atoms with E-state index >= 15 is 0 Å². The zero-order valence-corrected chi connectivity index (χ0v) is 17.2. The number of carbonyl (C=O) groups is 1. The maximum Gasteiger partial charge on any atom is 0.322 e. The summed E-state index contributed by atoms with van der Waals surface area (Å²) in [5.41, 5.74) is 9.56. The Kier molecular flexibility index (Phi) is 6.88. The number of hydrogen-bond donors (Lipinski definition) is 1. The molecule has 1 fully saturated rings. The molecule has 0 spiro atoms. The van der Waals surface area contributed by atoms with Crippen LogP contribution in [0.25, 0.3) is 0 Å². The fourth-order valence-corrected chi connectivity index (χ4v) is 3.89. The molecule has 0 aliphatic carbocycles. The largest absolute Gasteiger partial charge is 0.468 e. The SMILES string of the molecule is COC(=O)C(N)Cc1cc(Br)ccc1N1CCN(Cc2ccccc2)CC1. The van der Waals surface area contributed by atoms with E-state index in [1.165, 1.54) is 12.7 Å². The van der Waals surface area contributed by atoms with E-state index in [1.807, 2.05) is 6.07 Å². The number of methoxy groups -OCH3 is 1. The van der Waals surface area contributed by atoms with Crippen LogP contribution < -0.4 is 10.6 Å². The van der Waals surface area contributed by atoms with Gasteiger partial charge in [-0.2, -0.15) is 0 Å². The third-order valence-electron chi connectivity index (χ3n) is 4.95. The summed E-state index contributed by atoms with van der Waals surface area (Å²) in [6.07, 6.45) is 0.464. The Labute approximate surface area is 169 Å². The van der Waals surface area contributed by atoms with Crippen LogP contribution in [0.4, 0.5) is 5.69 Å². The molecular weight excluding hydrogens is 406 g/mol. The molecular formula is C21H26BrN3O2. The molecule has 2 aromatic rings. The number of nitrogens with two attached hydrogens (primary N) is 1. The van der Waals surface area contributed by atoms with Crippen LogP contribution >= 0.6 is 15.9 Å². The van der Waals surface area contributed by atoms with Gasteiger partial charge in [-0.25, -0.2) is 0 Å². The van der Waals surface area contributed by atoms with Crippen molar-refractivity contribution < 1.29 is 9.53 Å². The number of ether oxygens (including phenoxy) is 1. The maximum absolute atomic E-state index is 11.7. The molecule has 0 saturated carbocycles. The molecule has 6 heteroatoms. The highest BCUT2D eigenvalue weighted by Crippen LogP contribution is 2.27. The van der Waals surface area contributed by atoms with Gasteiger partial charge in [-0.15, -0.1) is 0 Å². The highest BCUT2D eigenvalue weighted by atomic mass is 79.9. The number of halogens is 1. The van der Waals surface area contributed by atoms with Crippen LogP contribution in [0.1, 0.15) is 11.1 Å². The highest BCUT2D eigenvalue weighted by Gasteiger charge is 2.22. The third kappa shape index (κ3) is 5.31. The van der Waals surface area contributed by atoms with E-state index in [9.17, 15) is 4.79 Å². The number of carbonyl (C=O) groups excluding carboxylic acids is 1. The summed E-state index contributed by atoms with van der Waals surface area (Å²) in [5, 5.41) is 0. The van der Waals surface area contributed by atoms with Gasteiger partial charge in [0.05, 0.1) is 7.11 Å². The number of esters is 1. The smallest absolute Gasteiger partial charge is 0.322 e. The molecule has 0 radical (unpaired) electrons. The first kappa shape index (κ1) is 19.9. The van der Waals surface area contributed by atoms with Crippen LogP contribution in [0.2, 0.25) is 0 Å². The average molecular weight is 432 g/mol. The van der Waals surface area contributed by atoms with Crippen molar-refractivity contribution in [1.29, 1.82) is 0 Å². The van der Waals surface area contributed by atoms with Gasteiger partial charge in [0.15, 0.2) is 0 Å². The van der Waals surface area contributed by atoms with Crippen molar-refractivity contribution in [2.45, 2.75) is 19.0 Å². The Balaban J connectivity index is 1.66. The summed E-state index contributed by atoms with van der Waals surface area (Å²) in [4.78, 5) is 16.6. The molecule has 1 atom stereocenters.